The first-order valence-corrected chi connectivity index (χ1v) is 9.16. The summed E-state index contributed by atoms with van der Waals surface area (Å²) in [5, 5.41) is 2.83. The van der Waals surface area contributed by atoms with Gasteiger partial charge in [0.1, 0.15) is 5.69 Å². The number of nitrogens with one attached hydrogen (secondary N) is 2. The van der Waals surface area contributed by atoms with Crippen LogP contribution in [0.4, 0.5) is 5.69 Å². The first-order valence-electron chi connectivity index (χ1n) is 9.16. The Morgan fingerprint density at radius 1 is 0.964 bits per heavy atom. The Morgan fingerprint density at radius 2 is 1.64 bits per heavy atom. The molecule has 3 aromatic rings. The second-order valence-corrected chi connectivity index (χ2v) is 6.62. The maximum absolute atomic E-state index is 12.8. The van der Waals surface area contributed by atoms with E-state index in [0.717, 1.165) is 0 Å². The van der Waals surface area contributed by atoms with E-state index in [4.69, 9.17) is 0 Å². The van der Waals surface area contributed by atoms with Crippen LogP contribution in [0, 0.1) is 6.92 Å². The highest BCUT2D eigenvalue weighted by Gasteiger charge is 2.21. The highest BCUT2D eigenvalue weighted by molar-refractivity contribution is 6.11. The molecule has 1 heterocycles. The van der Waals surface area contributed by atoms with E-state index in [1.54, 1.807) is 43.3 Å². The van der Waals surface area contributed by atoms with Crippen molar-refractivity contribution in [3.63, 3.8) is 0 Å². The molecule has 2 aromatic carbocycles. The quantitative estimate of drug-likeness (QED) is 0.620. The van der Waals surface area contributed by atoms with Gasteiger partial charge in [-0.3, -0.25) is 14.4 Å². The van der Waals surface area contributed by atoms with Crippen LogP contribution in [-0.2, 0) is 6.42 Å². The second-order valence-electron chi connectivity index (χ2n) is 6.62. The maximum Gasteiger partial charge on any atom is 0.272 e. The molecule has 0 aliphatic carbocycles. The molecule has 2 N–H and O–H groups in total. The number of aryl methyl sites for hydroxylation is 1. The molecule has 3 rings (SSSR count). The molecule has 0 saturated heterocycles. The van der Waals surface area contributed by atoms with Crippen molar-refractivity contribution >= 4 is 23.2 Å². The molecule has 0 fully saturated rings. The highest BCUT2D eigenvalue weighted by Crippen LogP contribution is 2.22. The number of hydrogen-bond acceptors (Lipinski definition) is 3. The molecule has 1 aromatic heterocycles. The standard InChI is InChI=1S/C23H22N2O3/c1-4-19-20(15(3)26)14(2)24-21(19)23(28)25-18-12-8-11-17(13-18)22(27)16-9-6-5-7-10-16/h5-13,24H,4H2,1-3H3,(H,25,28). The van der Waals surface area contributed by atoms with Gasteiger partial charge < -0.3 is 10.3 Å². The fourth-order valence-electron chi connectivity index (χ4n) is 3.39. The lowest BCUT2D eigenvalue weighted by Gasteiger charge is -2.08. The summed E-state index contributed by atoms with van der Waals surface area (Å²) in [7, 11) is 0. The van der Waals surface area contributed by atoms with Gasteiger partial charge in [0.25, 0.3) is 5.91 Å². The second kappa shape index (κ2) is 8.05. The number of carbonyl (C=O) groups is 3. The summed E-state index contributed by atoms with van der Waals surface area (Å²) < 4.78 is 0. The van der Waals surface area contributed by atoms with Crippen molar-refractivity contribution < 1.29 is 14.4 Å². The summed E-state index contributed by atoms with van der Waals surface area (Å²) in [5.41, 5.74) is 3.94. The molecular weight excluding hydrogens is 352 g/mol. The Hall–Kier alpha value is -3.47. The lowest BCUT2D eigenvalue weighted by Crippen LogP contribution is -2.15. The van der Waals surface area contributed by atoms with Crippen LogP contribution in [0.1, 0.15) is 61.9 Å². The monoisotopic (exact) mass is 374 g/mol. The van der Waals surface area contributed by atoms with Gasteiger partial charge in [0.15, 0.2) is 11.6 Å². The van der Waals surface area contributed by atoms with E-state index in [1.165, 1.54) is 6.92 Å². The van der Waals surface area contributed by atoms with Crippen molar-refractivity contribution in [3.8, 4) is 0 Å². The summed E-state index contributed by atoms with van der Waals surface area (Å²) >= 11 is 0. The molecule has 0 aliphatic heterocycles. The number of benzene rings is 2. The number of H-pyrrole nitrogens is 1. The van der Waals surface area contributed by atoms with E-state index < -0.39 is 0 Å². The first-order chi connectivity index (χ1) is 13.4. The molecule has 0 unspecified atom stereocenters. The third-order valence-electron chi connectivity index (χ3n) is 4.64. The Balaban J connectivity index is 1.87. The number of rotatable bonds is 6. The summed E-state index contributed by atoms with van der Waals surface area (Å²) in [6.07, 6.45) is 0.564. The third kappa shape index (κ3) is 3.78. The van der Waals surface area contributed by atoms with Crippen LogP contribution in [0.5, 0.6) is 0 Å². The number of ketones is 2. The van der Waals surface area contributed by atoms with E-state index in [9.17, 15) is 14.4 Å². The van der Waals surface area contributed by atoms with Crippen LogP contribution in [-0.4, -0.2) is 22.5 Å². The maximum atomic E-state index is 12.8. The average molecular weight is 374 g/mol. The molecule has 0 aliphatic rings. The number of aromatic amines is 1. The van der Waals surface area contributed by atoms with E-state index in [-0.39, 0.29) is 17.5 Å². The van der Waals surface area contributed by atoms with Crippen LogP contribution in [0.2, 0.25) is 0 Å². The van der Waals surface area contributed by atoms with E-state index in [1.807, 2.05) is 25.1 Å². The van der Waals surface area contributed by atoms with Crippen LogP contribution < -0.4 is 5.32 Å². The first kappa shape index (κ1) is 19.3. The Labute approximate surface area is 163 Å². The van der Waals surface area contributed by atoms with Crippen molar-refractivity contribution in [2.24, 2.45) is 0 Å². The van der Waals surface area contributed by atoms with Gasteiger partial charge in [-0.05, 0) is 38.0 Å². The molecule has 0 bridgehead atoms. The summed E-state index contributed by atoms with van der Waals surface area (Å²) in [4.78, 5) is 40.4. The minimum Gasteiger partial charge on any atom is -0.354 e. The van der Waals surface area contributed by atoms with Crippen LogP contribution in [0.3, 0.4) is 0 Å². The highest BCUT2D eigenvalue weighted by atomic mass is 16.2. The summed E-state index contributed by atoms with van der Waals surface area (Å²) in [6, 6.07) is 15.8. The van der Waals surface area contributed by atoms with Crippen molar-refractivity contribution in [1.29, 1.82) is 0 Å². The zero-order chi connectivity index (χ0) is 20.3. The number of carbonyl (C=O) groups excluding carboxylic acids is 3. The van der Waals surface area contributed by atoms with Crippen molar-refractivity contribution in [2.45, 2.75) is 27.2 Å². The largest absolute Gasteiger partial charge is 0.354 e. The minimum atomic E-state index is -0.336. The lowest BCUT2D eigenvalue weighted by molar-refractivity contribution is 0.101. The Kier molecular flexibility index (Phi) is 5.54. The lowest BCUT2D eigenvalue weighted by atomic mass is 10.0. The SMILES string of the molecule is CCc1c(C(=O)Nc2cccc(C(=O)c3ccccc3)c2)[nH]c(C)c1C(C)=O. The molecule has 0 saturated carbocycles. The van der Waals surface area contributed by atoms with E-state index >= 15 is 0 Å². The molecule has 0 radical (unpaired) electrons. The molecule has 0 spiro atoms. The van der Waals surface area contributed by atoms with E-state index in [0.29, 0.717) is 45.7 Å². The van der Waals surface area contributed by atoms with Gasteiger partial charge in [-0.15, -0.1) is 0 Å². The molecule has 28 heavy (non-hydrogen) atoms. The van der Waals surface area contributed by atoms with Crippen LogP contribution in [0.25, 0.3) is 0 Å². The van der Waals surface area contributed by atoms with Gasteiger partial charge >= 0.3 is 0 Å². The Morgan fingerprint density at radius 3 is 2.29 bits per heavy atom. The molecular formula is C23H22N2O3. The Bertz CT molecular complexity index is 1050. The van der Waals surface area contributed by atoms with Crippen molar-refractivity contribution in [1.82, 2.24) is 4.98 Å². The average Bonchev–Trinajstić information content (AvgIpc) is 3.05. The van der Waals surface area contributed by atoms with Gasteiger partial charge in [-0.1, -0.05) is 49.4 Å². The van der Waals surface area contributed by atoms with Gasteiger partial charge in [-0.2, -0.15) is 0 Å². The van der Waals surface area contributed by atoms with Crippen molar-refractivity contribution in [2.75, 3.05) is 5.32 Å². The number of anilines is 1. The zero-order valence-corrected chi connectivity index (χ0v) is 16.1. The van der Waals surface area contributed by atoms with Gasteiger partial charge in [-0.25, -0.2) is 0 Å². The fourth-order valence-corrected chi connectivity index (χ4v) is 3.39. The van der Waals surface area contributed by atoms with Gasteiger partial charge in [0, 0.05) is 28.1 Å². The van der Waals surface area contributed by atoms with Gasteiger partial charge in [0.2, 0.25) is 0 Å². The predicted molar refractivity (Wildman–Crippen MR) is 109 cm³/mol. The predicted octanol–water partition coefficient (Wildman–Crippen LogP) is 4.57. The topological polar surface area (TPSA) is 79.0 Å². The molecule has 5 nitrogen and oxygen atoms in total. The molecule has 5 heteroatoms. The van der Waals surface area contributed by atoms with E-state index in [2.05, 4.69) is 10.3 Å². The smallest absolute Gasteiger partial charge is 0.272 e. The molecule has 0 atom stereocenters. The number of aromatic nitrogens is 1. The number of amides is 1. The van der Waals surface area contributed by atoms with Crippen LogP contribution >= 0.6 is 0 Å². The van der Waals surface area contributed by atoms with Crippen molar-refractivity contribution in [3.05, 3.63) is 88.2 Å². The summed E-state index contributed by atoms with van der Waals surface area (Å²) in [5.74, 6) is -0.516. The third-order valence-corrected chi connectivity index (χ3v) is 4.64. The zero-order valence-electron chi connectivity index (χ0n) is 16.1. The molecule has 142 valence electrons. The fraction of sp³-hybridized carbons (Fsp3) is 0.174. The normalized spacial score (nSPS) is 10.5. The summed E-state index contributed by atoms with van der Waals surface area (Å²) in [6.45, 7) is 5.19. The van der Waals surface area contributed by atoms with Crippen LogP contribution in [0.15, 0.2) is 54.6 Å². The molecule has 1 amide bonds. The minimum absolute atomic E-state index is 0.0693. The number of Topliss-reactive ketones (excluding diaryl/α,β-unsaturated/α-hetero) is 1. The van der Waals surface area contributed by atoms with Gasteiger partial charge in [0.05, 0.1) is 0 Å². The number of hydrogen-bond donors (Lipinski definition) is 2.